The van der Waals surface area contributed by atoms with Gasteiger partial charge in [0, 0.05) is 15.9 Å². The number of aromatic nitrogens is 2. The first-order chi connectivity index (χ1) is 19.0. The van der Waals surface area contributed by atoms with Crippen LogP contribution < -0.4 is 5.73 Å². The Morgan fingerprint density at radius 1 is 0.692 bits per heavy atom. The molecule has 0 saturated heterocycles. The fraction of sp³-hybridized carbons (Fsp3) is 0.0606. The molecule has 0 fully saturated rings. The highest BCUT2D eigenvalue weighted by molar-refractivity contribution is 9.10. The first kappa shape index (κ1) is 25.0. The molecule has 0 aliphatic heterocycles. The van der Waals surface area contributed by atoms with Crippen molar-refractivity contribution in [2.24, 2.45) is 0 Å². The van der Waals surface area contributed by atoms with E-state index in [1.807, 2.05) is 71.4 Å². The molecule has 6 heteroatoms. The van der Waals surface area contributed by atoms with Gasteiger partial charge in [0.2, 0.25) is 0 Å². The SMILES string of the molecule is Nc1nn(C(c2ccccc2)(c2ccccc2)c2ccccc2)c2cc(Br)c(Cc3cc(F)cc(F)c3)cc12. The van der Waals surface area contributed by atoms with Gasteiger partial charge in [0.25, 0.3) is 0 Å². The molecular weight excluding hydrogens is 556 g/mol. The summed E-state index contributed by atoms with van der Waals surface area (Å²) in [4.78, 5) is 0. The minimum absolute atomic E-state index is 0.330. The van der Waals surface area contributed by atoms with E-state index in [-0.39, 0.29) is 0 Å². The lowest BCUT2D eigenvalue weighted by atomic mass is 9.77. The van der Waals surface area contributed by atoms with Gasteiger partial charge in [-0.1, -0.05) is 107 Å². The van der Waals surface area contributed by atoms with Gasteiger partial charge in [0.15, 0.2) is 5.82 Å². The Bertz CT molecular complexity index is 1650. The van der Waals surface area contributed by atoms with Crippen molar-refractivity contribution in [3.8, 4) is 0 Å². The number of rotatable bonds is 6. The van der Waals surface area contributed by atoms with Crippen molar-refractivity contribution in [3.63, 3.8) is 0 Å². The van der Waals surface area contributed by atoms with Crippen LogP contribution in [0.2, 0.25) is 0 Å². The van der Waals surface area contributed by atoms with E-state index < -0.39 is 17.2 Å². The zero-order valence-electron chi connectivity index (χ0n) is 20.9. The number of nitrogen functional groups attached to an aromatic ring is 1. The van der Waals surface area contributed by atoms with Crippen LogP contribution in [-0.2, 0) is 12.0 Å². The van der Waals surface area contributed by atoms with Gasteiger partial charge in [-0.2, -0.15) is 5.10 Å². The van der Waals surface area contributed by atoms with E-state index in [0.29, 0.717) is 17.8 Å². The van der Waals surface area contributed by atoms with E-state index in [4.69, 9.17) is 10.8 Å². The third-order valence-electron chi connectivity index (χ3n) is 7.09. The topological polar surface area (TPSA) is 43.8 Å². The van der Waals surface area contributed by atoms with Crippen molar-refractivity contribution in [2.75, 3.05) is 5.73 Å². The molecular formula is C33H24BrF2N3. The maximum Gasteiger partial charge on any atom is 0.153 e. The lowest BCUT2D eigenvalue weighted by molar-refractivity contribution is 0.477. The van der Waals surface area contributed by atoms with Crippen molar-refractivity contribution < 1.29 is 8.78 Å². The highest BCUT2D eigenvalue weighted by Gasteiger charge is 2.40. The molecule has 192 valence electrons. The summed E-state index contributed by atoms with van der Waals surface area (Å²) in [5.41, 5.74) is 11.1. The molecule has 0 bridgehead atoms. The Morgan fingerprint density at radius 2 is 1.18 bits per heavy atom. The van der Waals surface area contributed by atoms with E-state index >= 15 is 0 Å². The smallest absolute Gasteiger partial charge is 0.153 e. The Labute approximate surface area is 233 Å². The molecule has 0 atom stereocenters. The molecule has 1 aromatic heterocycles. The van der Waals surface area contributed by atoms with Crippen LogP contribution in [0.4, 0.5) is 14.6 Å². The maximum atomic E-state index is 13.9. The number of fused-ring (bicyclic) bond motifs is 1. The fourth-order valence-electron chi connectivity index (χ4n) is 5.43. The molecule has 3 nitrogen and oxygen atoms in total. The predicted octanol–water partition coefficient (Wildman–Crippen LogP) is 8.09. The second-order valence-electron chi connectivity index (χ2n) is 9.52. The lowest BCUT2D eigenvalue weighted by Crippen LogP contribution is -2.38. The Kier molecular flexibility index (Phi) is 6.49. The molecule has 0 unspecified atom stereocenters. The maximum absolute atomic E-state index is 13.9. The number of nitrogens with two attached hydrogens (primary N) is 1. The van der Waals surface area contributed by atoms with Gasteiger partial charge >= 0.3 is 0 Å². The van der Waals surface area contributed by atoms with Crippen LogP contribution in [0, 0.1) is 11.6 Å². The monoisotopic (exact) mass is 579 g/mol. The number of anilines is 1. The summed E-state index contributed by atoms with van der Waals surface area (Å²) in [5, 5.41) is 5.72. The largest absolute Gasteiger partial charge is 0.382 e. The Hall–Kier alpha value is -4.29. The third kappa shape index (κ3) is 4.41. The normalized spacial score (nSPS) is 11.7. The van der Waals surface area contributed by atoms with E-state index in [1.54, 1.807) is 0 Å². The molecule has 6 rings (SSSR count). The molecule has 0 amide bonds. The molecule has 0 aliphatic rings. The first-order valence-corrected chi connectivity index (χ1v) is 13.3. The Balaban J connectivity index is 1.63. The van der Waals surface area contributed by atoms with Crippen LogP contribution >= 0.6 is 15.9 Å². The van der Waals surface area contributed by atoms with Gasteiger partial charge in [-0.15, -0.1) is 0 Å². The van der Waals surface area contributed by atoms with E-state index in [1.165, 1.54) is 12.1 Å². The van der Waals surface area contributed by atoms with Crippen LogP contribution in [0.1, 0.15) is 27.8 Å². The van der Waals surface area contributed by atoms with Gasteiger partial charge in [0.1, 0.15) is 17.2 Å². The zero-order valence-corrected chi connectivity index (χ0v) is 22.4. The average molecular weight is 580 g/mol. The summed E-state index contributed by atoms with van der Waals surface area (Å²) in [6.45, 7) is 0. The summed E-state index contributed by atoms with van der Waals surface area (Å²) in [6, 6.07) is 38.3. The van der Waals surface area contributed by atoms with Gasteiger partial charge in [0.05, 0.1) is 5.52 Å². The van der Waals surface area contributed by atoms with Crippen molar-refractivity contribution in [2.45, 2.75) is 12.0 Å². The summed E-state index contributed by atoms with van der Waals surface area (Å²) in [7, 11) is 0. The standard InChI is InChI=1S/C33H24BrF2N3/c34-30-21-31-29(19-23(30)16-22-17-27(35)20-28(36)18-22)32(37)38-39(31)33(24-10-4-1-5-11-24,25-12-6-2-7-13-25)26-14-8-3-9-15-26/h1-15,17-21H,16H2,(H2,37,38). The summed E-state index contributed by atoms with van der Waals surface area (Å²) >= 11 is 3.72. The Morgan fingerprint density at radius 3 is 1.67 bits per heavy atom. The molecule has 0 aliphatic carbocycles. The number of nitrogens with zero attached hydrogens (tertiary/aromatic N) is 2. The quantitative estimate of drug-likeness (QED) is 0.203. The van der Waals surface area contributed by atoms with Crippen molar-refractivity contribution in [1.29, 1.82) is 0 Å². The molecule has 1 heterocycles. The third-order valence-corrected chi connectivity index (χ3v) is 7.82. The minimum Gasteiger partial charge on any atom is -0.382 e. The summed E-state index contributed by atoms with van der Waals surface area (Å²) in [5.74, 6) is -0.836. The van der Waals surface area contributed by atoms with Crippen molar-refractivity contribution >= 4 is 32.7 Å². The van der Waals surface area contributed by atoms with Crippen LogP contribution in [0.25, 0.3) is 10.9 Å². The molecule has 2 N–H and O–H groups in total. The van der Waals surface area contributed by atoms with Gasteiger partial charge < -0.3 is 5.73 Å². The van der Waals surface area contributed by atoms with Crippen molar-refractivity contribution in [3.05, 3.63) is 165 Å². The number of halogens is 3. The highest BCUT2D eigenvalue weighted by Crippen LogP contribution is 2.44. The minimum atomic E-state index is -0.827. The molecule has 5 aromatic carbocycles. The molecule has 0 spiro atoms. The first-order valence-electron chi connectivity index (χ1n) is 12.6. The van der Waals surface area contributed by atoms with Crippen LogP contribution in [0.15, 0.2) is 126 Å². The molecule has 39 heavy (non-hydrogen) atoms. The van der Waals surface area contributed by atoms with Crippen LogP contribution in [-0.4, -0.2) is 9.78 Å². The second-order valence-corrected chi connectivity index (χ2v) is 10.4. The van der Waals surface area contributed by atoms with Gasteiger partial charge in [-0.3, -0.25) is 0 Å². The zero-order chi connectivity index (χ0) is 27.0. The van der Waals surface area contributed by atoms with Crippen LogP contribution in [0.5, 0.6) is 0 Å². The molecule has 0 saturated carbocycles. The average Bonchev–Trinajstić information content (AvgIpc) is 3.25. The lowest BCUT2D eigenvalue weighted by Gasteiger charge is -2.37. The summed E-state index contributed by atoms with van der Waals surface area (Å²) in [6.07, 6.45) is 0.330. The summed E-state index contributed by atoms with van der Waals surface area (Å²) < 4.78 is 30.6. The predicted molar refractivity (Wildman–Crippen MR) is 156 cm³/mol. The molecule has 0 radical (unpaired) electrons. The number of benzene rings is 5. The van der Waals surface area contributed by atoms with Crippen molar-refractivity contribution in [1.82, 2.24) is 9.78 Å². The second kappa shape index (κ2) is 10.1. The number of hydrogen-bond acceptors (Lipinski definition) is 2. The van der Waals surface area contributed by atoms with Gasteiger partial charge in [-0.25, -0.2) is 13.5 Å². The molecule has 6 aromatic rings. The van der Waals surface area contributed by atoms with E-state index in [0.717, 1.165) is 43.7 Å². The van der Waals surface area contributed by atoms with E-state index in [9.17, 15) is 8.78 Å². The van der Waals surface area contributed by atoms with E-state index in [2.05, 4.69) is 52.3 Å². The fourth-order valence-corrected chi connectivity index (χ4v) is 5.90. The number of hydrogen-bond donors (Lipinski definition) is 1. The highest BCUT2D eigenvalue weighted by atomic mass is 79.9. The van der Waals surface area contributed by atoms with Crippen LogP contribution in [0.3, 0.4) is 0 Å². The van der Waals surface area contributed by atoms with Gasteiger partial charge in [-0.05, 0) is 58.5 Å².